The maximum atomic E-state index is 11.6. The number of rotatable bonds is 7. The van der Waals surface area contributed by atoms with Gasteiger partial charge in [-0.15, -0.1) is 0 Å². The van der Waals surface area contributed by atoms with Crippen molar-refractivity contribution < 1.29 is 17.9 Å². The van der Waals surface area contributed by atoms with Gasteiger partial charge in [0.1, 0.15) is 15.6 Å². The number of ether oxygens (including phenoxy) is 1. The molecule has 5 nitrogen and oxygen atoms in total. The van der Waals surface area contributed by atoms with Gasteiger partial charge in [0.2, 0.25) is 0 Å². The van der Waals surface area contributed by atoms with E-state index >= 15 is 0 Å². The van der Waals surface area contributed by atoms with Gasteiger partial charge in [0.25, 0.3) is 0 Å². The summed E-state index contributed by atoms with van der Waals surface area (Å²) in [6.07, 6.45) is 1.21. The molecular formula is C11H21NO4S. The van der Waals surface area contributed by atoms with E-state index in [1.165, 1.54) is 0 Å². The third-order valence-corrected chi connectivity index (χ3v) is 4.61. The van der Waals surface area contributed by atoms with Gasteiger partial charge in [0.05, 0.1) is 19.0 Å². The Kier molecular flexibility index (Phi) is 6.08. The smallest absolute Gasteiger partial charge is 0.150 e. The molecule has 1 aliphatic heterocycles. The quantitative estimate of drug-likeness (QED) is 0.708. The zero-order valence-electron chi connectivity index (χ0n) is 10.3. The molecule has 0 radical (unpaired) electrons. The Bertz CT molecular complexity index is 333. The van der Waals surface area contributed by atoms with Crippen LogP contribution < -0.4 is 5.32 Å². The van der Waals surface area contributed by atoms with Gasteiger partial charge in [-0.25, -0.2) is 8.42 Å². The van der Waals surface area contributed by atoms with Crippen LogP contribution in [0.25, 0.3) is 0 Å². The Morgan fingerprint density at radius 2 is 2.24 bits per heavy atom. The number of nitrogens with one attached hydrogen (secondary N) is 1. The molecule has 0 saturated carbocycles. The Morgan fingerprint density at radius 1 is 1.47 bits per heavy atom. The Morgan fingerprint density at radius 3 is 2.82 bits per heavy atom. The summed E-state index contributed by atoms with van der Waals surface area (Å²) in [6, 6.07) is 0.0963. The molecule has 1 heterocycles. The van der Waals surface area contributed by atoms with Crippen LogP contribution in [-0.4, -0.2) is 51.5 Å². The fourth-order valence-corrected chi connectivity index (χ4v) is 2.63. The summed E-state index contributed by atoms with van der Waals surface area (Å²) in [5, 5.41) is 3.20. The lowest BCUT2D eigenvalue weighted by molar-refractivity contribution is -0.120. The SMILES string of the molecule is CCS(=O)(=O)CCCC(=O)CC1COCCN1. The highest BCUT2D eigenvalue weighted by Gasteiger charge is 2.17. The van der Waals surface area contributed by atoms with Crippen LogP contribution in [0, 0.1) is 0 Å². The largest absolute Gasteiger partial charge is 0.379 e. The molecule has 1 saturated heterocycles. The lowest BCUT2D eigenvalue weighted by Gasteiger charge is -2.23. The van der Waals surface area contributed by atoms with Gasteiger partial charge in [0, 0.05) is 31.2 Å². The van der Waals surface area contributed by atoms with Crippen molar-refractivity contribution in [3.8, 4) is 0 Å². The average molecular weight is 263 g/mol. The number of hydrogen-bond acceptors (Lipinski definition) is 5. The van der Waals surface area contributed by atoms with Crippen LogP contribution in [0.3, 0.4) is 0 Å². The molecule has 0 aromatic rings. The van der Waals surface area contributed by atoms with Crippen LogP contribution in [0.1, 0.15) is 26.2 Å². The first-order valence-corrected chi connectivity index (χ1v) is 7.89. The molecule has 1 fully saturated rings. The van der Waals surface area contributed by atoms with Crippen molar-refractivity contribution in [2.24, 2.45) is 0 Å². The van der Waals surface area contributed by atoms with Crippen molar-refractivity contribution in [2.45, 2.75) is 32.2 Å². The Labute approximate surface area is 103 Å². The molecule has 100 valence electrons. The molecule has 1 N–H and O–H groups in total. The van der Waals surface area contributed by atoms with E-state index in [1.807, 2.05) is 0 Å². The number of carbonyl (C=O) groups excluding carboxylic acids is 1. The summed E-state index contributed by atoms with van der Waals surface area (Å²) in [5.41, 5.74) is 0. The minimum Gasteiger partial charge on any atom is -0.379 e. The first-order valence-electron chi connectivity index (χ1n) is 6.07. The maximum Gasteiger partial charge on any atom is 0.150 e. The predicted octanol–water partition coefficient (Wildman–Crippen LogP) is 0.149. The van der Waals surface area contributed by atoms with E-state index in [2.05, 4.69) is 5.32 Å². The molecule has 1 rings (SSSR count). The first-order chi connectivity index (χ1) is 8.03. The molecule has 0 aliphatic carbocycles. The summed E-state index contributed by atoms with van der Waals surface area (Å²) >= 11 is 0. The van der Waals surface area contributed by atoms with Crippen molar-refractivity contribution in [3.05, 3.63) is 0 Å². The summed E-state index contributed by atoms with van der Waals surface area (Å²) in [4.78, 5) is 11.6. The van der Waals surface area contributed by atoms with Crippen LogP contribution in [0.15, 0.2) is 0 Å². The van der Waals surface area contributed by atoms with Gasteiger partial charge in [0.15, 0.2) is 0 Å². The van der Waals surface area contributed by atoms with E-state index in [4.69, 9.17) is 4.74 Å². The third-order valence-electron chi connectivity index (χ3n) is 2.82. The molecular weight excluding hydrogens is 242 g/mol. The number of sulfone groups is 1. The molecule has 0 aromatic carbocycles. The van der Waals surface area contributed by atoms with Crippen molar-refractivity contribution >= 4 is 15.6 Å². The highest BCUT2D eigenvalue weighted by atomic mass is 32.2. The van der Waals surface area contributed by atoms with E-state index in [-0.39, 0.29) is 23.3 Å². The Balaban J connectivity index is 2.16. The summed E-state index contributed by atoms with van der Waals surface area (Å²) < 4.78 is 27.7. The molecule has 0 bridgehead atoms. The normalized spacial score (nSPS) is 21.4. The zero-order valence-corrected chi connectivity index (χ0v) is 11.1. The van der Waals surface area contributed by atoms with Crippen molar-refractivity contribution in [2.75, 3.05) is 31.3 Å². The van der Waals surface area contributed by atoms with E-state index in [9.17, 15) is 13.2 Å². The van der Waals surface area contributed by atoms with Crippen molar-refractivity contribution in [1.29, 1.82) is 0 Å². The molecule has 0 spiro atoms. The minimum absolute atomic E-state index is 0.0963. The number of morpholine rings is 1. The molecule has 1 aliphatic rings. The van der Waals surface area contributed by atoms with E-state index in [1.54, 1.807) is 6.92 Å². The van der Waals surface area contributed by atoms with Gasteiger partial charge < -0.3 is 10.1 Å². The first kappa shape index (κ1) is 14.6. The number of Topliss-reactive ketones (excluding diaryl/α,β-unsaturated/α-hetero) is 1. The standard InChI is InChI=1S/C11H21NO4S/c1-2-17(14,15)7-3-4-11(13)8-10-9-16-6-5-12-10/h10,12H,2-9H2,1H3. The molecule has 0 amide bonds. The number of ketones is 1. The molecule has 0 aromatic heterocycles. The predicted molar refractivity (Wildman–Crippen MR) is 65.8 cm³/mol. The van der Waals surface area contributed by atoms with E-state index in [0.717, 1.165) is 6.54 Å². The highest BCUT2D eigenvalue weighted by molar-refractivity contribution is 7.91. The van der Waals surface area contributed by atoms with Crippen LogP contribution in [0.4, 0.5) is 0 Å². The minimum atomic E-state index is -2.94. The summed E-state index contributed by atoms with van der Waals surface area (Å²) in [5.74, 6) is 0.377. The number of carbonyl (C=O) groups is 1. The van der Waals surface area contributed by atoms with Crippen molar-refractivity contribution in [1.82, 2.24) is 5.32 Å². The van der Waals surface area contributed by atoms with Gasteiger partial charge >= 0.3 is 0 Å². The number of hydrogen-bond donors (Lipinski definition) is 1. The lowest BCUT2D eigenvalue weighted by atomic mass is 10.1. The van der Waals surface area contributed by atoms with E-state index < -0.39 is 9.84 Å². The van der Waals surface area contributed by atoms with Crippen LogP contribution in [0.5, 0.6) is 0 Å². The molecule has 1 unspecified atom stereocenters. The summed E-state index contributed by atoms with van der Waals surface area (Å²) in [6.45, 7) is 3.67. The van der Waals surface area contributed by atoms with Gasteiger partial charge in [-0.3, -0.25) is 4.79 Å². The highest BCUT2D eigenvalue weighted by Crippen LogP contribution is 2.05. The van der Waals surface area contributed by atoms with E-state index in [0.29, 0.717) is 32.5 Å². The summed E-state index contributed by atoms with van der Waals surface area (Å²) in [7, 11) is -2.94. The van der Waals surface area contributed by atoms with Gasteiger partial charge in [-0.2, -0.15) is 0 Å². The fourth-order valence-electron chi connectivity index (χ4n) is 1.76. The topological polar surface area (TPSA) is 72.5 Å². The lowest BCUT2D eigenvalue weighted by Crippen LogP contribution is -2.42. The Hall–Kier alpha value is -0.460. The maximum absolute atomic E-state index is 11.6. The zero-order chi connectivity index (χ0) is 12.7. The second-order valence-corrected chi connectivity index (χ2v) is 6.78. The third kappa shape index (κ3) is 6.14. The van der Waals surface area contributed by atoms with Crippen LogP contribution >= 0.6 is 0 Å². The molecule has 6 heteroatoms. The van der Waals surface area contributed by atoms with Crippen LogP contribution in [0.2, 0.25) is 0 Å². The van der Waals surface area contributed by atoms with Gasteiger partial charge in [-0.1, -0.05) is 6.92 Å². The van der Waals surface area contributed by atoms with Crippen molar-refractivity contribution in [3.63, 3.8) is 0 Å². The van der Waals surface area contributed by atoms with Crippen LogP contribution in [-0.2, 0) is 19.4 Å². The average Bonchev–Trinajstić information content (AvgIpc) is 2.30. The molecule has 1 atom stereocenters. The monoisotopic (exact) mass is 263 g/mol. The van der Waals surface area contributed by atoms with Gasteiger partial charge in [-0.05, 0) is 6.42 Å². The second kappa shape index (κ2) is 7.08. The molecule has 17 heavy (non-hydrogen) atoms. The fraction of sp³-hybridized carbons (Fsp3) is 0.909. The second-order valence-electron chi connectivity index (χ2n) is 4.31.